The predicted octanol–water partition coefficient (Wildman–Crippen LogP) is 2.67. The molecule has 1 fully saturated rings. The van der Waals surface area contributed by atoms with Gasteiger partial charge in [-0.3, -0.25) is 0 Å². The van der Waals surface area contributed by atoms with Gasteiger partial charge in [0.1, 0.15) is 0 Å². The SMILES string of the molecule is CC(C)(C)CC1CNCC1(C)C. The molecule has 0 radical (unpaired) electrons. The van der Waals surface area contributed by atoms with Crippen molar-refractivity contribution in [2.24, 2.45) is 16.7 Å². The molecule has 0 amide bonds. The Bertz CT molecular complexity index is 153. The van der Waals surface area contributed by atoms with Crippen LogP contribution in [0.1, 0.15) is 41.0 Å². The van der Waals surface area contributed by atoms with Crippen molar-refractivity contribution in [3.05, 3.63) is 0 Å². The third kappa shape index (κ3) is 2.48. The molecule has 0 bridgehead atoms. The maximum atomic E-state index is 3.49. The lowest BCUT2D eigenvalue weighted by molar-refractivity contribution is 0.201. The molecule has 0 aromatic heterocycles. The summed E-state index contributed by atoms with van der Waals surface area (Å²) in [6.45, 7) is 14.2. The second-order valence-corrected chi connectivity index (χ2v) is 6.08. The maximum absolute atomic E-state index is 3.49. The molecular formula is C11H23N. The molecule has 12 heavy (non-hydrogen) atoms. The van der Waals surface area contributed by atoms with Crippen molar-refractivity contribution in [1.29, 1.82) is 0 Å². The highest BCUT2D eigenvalue weighted by Gasteiger charge is 2.36. The van der Waals surface area contributed by atoms with Gasteiger partial charge in [-0.15, -0.1) is 0 Å². The van der Waals surface area contributed by atoms with E-state index in [4.69, 9.17) is 0 Å². The fraction of sp³-hybridized carbons (Fsp3) is 1.00. The molecule has 1 nitrogen and oxygen atoms in total. The van der Waals surface area contributed by atoms with Crippen LogP contribution in [0.3, 0.4) is 0 Å². The van der Waals surface area contributed by atoms with E-state index in [2.05, 4.69) is 39.9 Å². The maximum Gasteiger partial charge on any atom is 0.000577 e. The third-order valence-corrected chi connectivity index (χ3v) is 2.94. The summed E-state index contributed by atoms with van der Waals surface area (Å²) < 4.78 is 0. The second kappa shape index (κ2) is 3.02. The molecule has 1 heterocycles. The van der Waals surface area contributed by atoms with E-state index in [0.29, 0.717) is 10.8 Å². The zero-order valence-electron chi connectivity index (χ0n) is 9.20. The monoisotopic (exact) mass is 169 g/mol. The van der Waals surface area contributed by atoms with Crippen LogP contribution in [-0.4, -0.2) is 13.1 Å². The Balaban J connectivity index is 2.53. The fourth-order valence-electron chi connectivity index (χ4n) is 2.08. The zero-order valence-corrected chi connectivity index (χ0v) is 9.20. The van der Waals surface area contributed by atoms with Crippen LogP contribution in [0.4, 0.5) is 0 Å². The number of hydrogen-bond donors (Lipinski definition) is 1. The minimum absolute atomic E-state index is 0.480. The number of hydrogen-bond acceptors (Lipinski definition) is 1. The highest BCUT2D eigenvalue weighted by atomic mass is 14.9. The molecule has 1 aliphatic heterocycles. The molecule has 1 rings (SSSR count). The minimum atomic E-state index is 0.480. The molecule has 0 saturated carbocycles. The topological polar surface area (TPSA) is 12.0 Å². The highest BCUT2D eigenvalue weighted by molar-refractivity contribution is 4.90. The van der Waals surface area contributed by atoms with Gasteiger partial charge in [0.2, 0.25) is 0 Å². The average molecular weight is 169 g/mol. The van der Waals surface area contributed by atoms with Crippen LogP contribution in [0.15, 0.2) is 0 Å². The molecule has 0 aliphatic carbocycles. The van der Waals surface area contributed by atoms with E-state index < -0.39 is 0 Å². The quantitative estimate of drug-likeness (QED) is 0.636. The first-order valence-corrected chi connectivity index (χ1v) is 5.02. The van der Waals surface area contributed by atoms with Crippen molar-refractivity contribution in [3.8, 4) is 0 Å². The van der Waals surface area contributed by atoms with Gasteiger partial charge in [0.25, 0.3) is 0 Å². The molecule has 72 valence electrons. The lowest BCUT2D eigenvalue weighted by atomic mass is 9.73. The van der Waals surface area contributed by atoms with Gasteiger partial charge in [-0.25, -0.2) is 0 Å². The Morgan fingerprint density at radius 3 is 2.25 bits per heavy atom. The first-order chi connectivity index (χ1) is 5.31. The van der Waals surface area contributed by atoms with E-state index in [1.807, 2.05) is 0 Å². The van der Waals surface area contributed by atoms with Gasteiger partial charge in [-0.1, -0.05) is 34.6 Å². The molecule has 1 unspecified atom stereocenters. The molecule has 1 N–H and O–H groups in total. The summed E-state index contributed by atoms with van der Waals surface area (Å²) in [4.78, 5) is 0. The van der Waals surface area contributed by atoms with E-state index in [9.17, 15) is 0 Å². The van der Waals surface area contributed by atoms with Crippen LogP contribution >= 0.6 is 0 Å². The van der Waals surface area contributed by atoms with Gasteiger partial charge in [0.05, 0.1) is 0 Å². The largest absolute Gasteiger partial charge is 0.316 e. The Morgan fingerprint density at radius 2 is 1.92 bits per heavy atom. The summed E-state index contributed by atoms with van der Waals surface area (Å²) in [5.74, 6) is 0.859. The van der Waals surface area contributed by atoms with Crippen LogP contribution in [0.5, 0.6) is 0 Å². The Labute approximate surface area is 76.9 Å². The first kappa shape index (κ1) is 10.0. The van der Waals surface area contributed by atoms with Crippen LogP contribution in [-0.2, 0) is 0 Å². The summed E-state index contributed by atoms with van der Waals surface area (Å²) in [6, 6.07) is 0. The lowest BCUT2D eigenvalue weighted by Crippen LogP contribution is -2.26. The van der Waals surface area contributed by atoms with Crippen molar-refractivity contribution in [2.45, 2.75) is 41.0 Å². The number of rotatable bonds is 1. The van der Waals surface area contributed by atoms with Gasteiger partial charge >= 0.3 is 0 Å². The van der Waals surface area contributed by atoms with Crippen molar-refractivity contribution in [3.63, 3.8) is 0 Å². The van der Waals surface area contributed by atoms with E-state index in [1.165, 1.54) is 19.5 Å². The highest BCUT2D eigenvalue weighted by Crippen LogP contribution is 2.38. The van der Waals surface area contributed by atoms with Gasteiger partial charge in [-0.05, 0) is 29.7 Å². The molecule has 0 spiro atoms. The van der Waals surface area contributed by atoms with Crippen molar-refractivity contribution in [2.75, 3.05) is 13.1 Å². The smallest absolute Gasteiger partial charge is 0.000577 e. The van der Waals surface area contributed by atoms with E-state index in [1.54, 1.807) is 0 Å². The summed E-state index contributed by atoms with van der Waals surface area (Å²) >= 11 is 0. The van der Waals surface area contributed by atoms with Crippen LogP contribution in [0.2, 0.25) is 0 Å². The Hall–Kier alpha value is -0.0400. The standard InChI is InChI=1S/C11H23N/c1-10(2,3)6-9-7-12-8-11(9,4)5/h9,12H,6-8H2,1-5H3. The minimum Gasteiger partial charge on any atom is -0.316 e. The lowest BCUT2D eigenvalue weighted by Gasteiger charge is -2.31. The summed E-state index contributed by atoms with van der Waals surface area (Å²) in [7, 11) is 0. The molecular weight excluding hydrogens is 146 g/mol. The molecule has 1 atom stereocenters. The van der Waals surface area contributed by atoms with E-state index in [0.717, 1.165) is 5.92 Å². The molecule has 1 saturated heterocycles. The second-order valence-electron chi connectivity index (χ2n) is 6.08. The van der Waals surface area contributed by atoms with Gasteiger partial charge in [0.15, 0.2) is 0 Å². The molecule has 1 heteroatoms. The van der Waals surface area contributed by atoms with Crippen LogP contribution in [0.25, 0.3) is 0 Å². The van der Waals surface area contributed by atoms with Crippen molar-refractivity contribution < 1.29 is 0 Å². The normalized spacial score (nSPS) is 29.2. The average Bonchev–Trinajstić information content (AvgIpc) is 2.07. The van der Waals surface area contributed by atoms with E-state index >= 15 is 0 Å². The number of nitrogens with one attached hydrogen (secondary N) is 1. The molecule has 0 aromatic rings. The fourth-order valence-corrected chi connectivity index (χ4v) is 2.08. The third-order valence-electron chi connectivity index (χ3n) is 2.94. The van der Waals surface area contributed by atoms with Crippen molar-refractivity contribution >= 4 is 0 Å². The van der Waals surface area contributed by atoms with Crippen LogP contribution < -0.4 is 5.32 Å². The summed E-state index contributed by atoms with van der Waals surface area (Å²) in [5, 5.41) is 3.49. The zero-order chi connectivity index (χ0) is 9.41. The Kier molecular flexibility index (Phi) is 2.53. The first-order valence-electron chi connectivity index (χ1n) is 5.02. The Morgan fingerprint density at radius 1 is 1.33 bits per heavy atom. The van der Waals surface area contributed by atoms with Gasteiger partial charge in [-0.2, -0.15) is 0 Å². The summed E-state index contributed by atoms with van der Waals surface area (Å²) in [6.07, 6.45) is 1.34. The molecule has 1 aliphatic rings. The van der Waals surface area contributed by atoms with Crippen LogP contribution in [0, 0.1) is 16.7 Å². The van der Waals surface area contributed by atoms with Gasteiger partial charge in [0, 0.05) is 6.54 Å². The molecule has 0 aromatic carbocycles. The van der Waals surface area contributed by atoms with Crippen molar-refractivity contribution in [1.82, 2.24) is 5.32 Å². The van der Waals surface area contributed by atoms with Gasteiger partial charge < -0.3 is 5.32 Å². The summed E-state index contributed by atoms with van der Waals surface area (Å²) in [5.41, 5.74) is 0.987. The predicted molar refractivity (Wildman–Crippen MR) is 54.2 cm³/mol. The van der Waals surface area contributed by atoms with E-state index in [-0.39, 0.29) is 0 Å².